The van der Waals surface area contributed by atoms with E-state index < -0.39 is 0 Å². The fraction of sp³-hybridized carbons (Fsp3) is 0.900. The third-order valence-corrected chi connectivity index (χ3v) is 2.06. The van der Waals surface area contributed by atoms with E-state index in [4.69, 9.17) is 0 Å². The molecule has 0 rings (SSSR count). The van der Waals surface area contributed by atoms with Crippen molar-refractivity contribution in [2.75, 3.05) is 20.1 Å². The predicted molar refractivity (Wildman–Crippen MR) is 52.3 cm³/mol. The molecule has 0 N–H and O–H groups in total. The Labute approximate surface area is 75.9 Å². The van der Waals surface area contributed by atoms with E-state index in [0.29, 0.717) is 5.78 Å². The van der Waals surface area contributed by atoms with Crippen molar-refractivity contribution >= 4 is 5.78 Å². The zero-order valence-corrected chi connectivity index (χ0v) is 8.60. The average Bonchev–Trinajstić information content (AvgIpc) is 2.04. The maximum atomic E-state index is 11.1. The number of rotatable bonds is 7. The second-order valence-electron chi connectivity index (χ2n) is 3.29. The summed E-state index contributed by atoms with van der Waals surface area (Å²) in [5, 5.41) is 0. The van der Waals surface area contributed by atoms with Crippen molar-refractivity contribution in [2.45, 2.75) is 39.5 Å². The molecule has 0 aliphatic heterocycles. The number of Topliss-reactive ketones (excluding diaryl/α,β-unsaturated/α-hetero) is 1. The standard InChI is InChI=1S/C10H21NO/c1-4-7-10(12)8-6-9-11(3)5-2/h4-9H2,1-3H3. The summed E-state index contributed by atoms with van der Waals surface area (Å²) >= 11 is 0. The lowest BCUT2D eigenvalue weighted by atomic mass is 10.1. The normalized spacial score (nSPS) is 10.7. The fourth-order valence-electron chi connectivity index (χ4n) is 1.11. The Hall–Kier alpha value is -0.370. The van der Waals surface area contributed by atoms with Gasteiger partial charge in [0.2, 0.25) is 0 Å². The first kappa shape index (κ1) is 11.6. The zero-order chi connectivity index (χ0) is 9.40. The molecule has 0 spiro atoms. The molecule has 0 unspecified atom stereocenters. The molecule has 0 saturated carbocycles. The number of carbonyl (C=O) groups is 1. The lowest BCUT2D eigenvalue weighted by Crippen LogP contribution is -2.19. The molecule has 0 aromatic heterocycles. The highest BCUT2D eigenvalue weighted by Gasteiger charge is 2.00. The summed E-state index contributed by atoms with van der Waals surface area (Å²) < 4.78 is 0. The lowest BCUT2D eigenvalue weighted by molar-refractivity contribution is -0.119. The van der Waals surface area contributed by atoms with Crippen LogP contribution in [0.25, 0.3) is 0 Å². The van der Waals surface area contributed by atoms with E-state index in [2.05, 4.69) is 25.8 Å². The van der Waals surface area contributed by atoms with Crippen LogP contribution in [-0.2, 0) is 4.79 Å². The van der Waals surface area contributed by atoms with Crippen molar-refractivity contribution in [3.05, 3.63) is 0 Å². The van der Waals surface area contributed by atoms with E-state index in [1.54, 1.807) is 0 Å². The van der Waals surface area contributed by atoms with E-state index in [-0.39, 0.29) is 0 Å². The van der Waals surface area contributed by atoms with Gasteiger partial charge in [0.05, 0.1) is 0 Å². The molecule has 0 aliphatic rings. The Morgan fingerprint density at radius 3 is 2.42 bits per heavy atom. The number of ketones is 1. The maximum absolute atomic E-state index is 11.1. The third-order valence-electron chi connectivity index (χ3n) is 2.06. The number of hydrogen-bond donors (Lipinski definition) is 0. The van der Waals surface area contributed by atoms with Crippen LogP contribution in [-0.4, -0.2) is 30.8 Å². The summed E-state index contributed by atoms with van der Waals surface area (Å²) in [6.45, 7) is 6.30. The molecular formula is C10H21NO. The summed E-state index contributed by atoms with van der Waals surface area (Å²) in [7, 11) is 2.09. The van der Waals surface area contributed by atoms with Gasteiger partial charge in [-0.3, -0.25) is 4.79 Å². The van der Waals surface area contributed by atoms with E-state index in [0.717, 1.165) is 38.8 Å². The molecular weight excluding hydrogens is 150 g/mol. The van der Waals surface area contributed by atoms with Gasteiger partial charge in [0.25, 0.3) is 0 Å². The first-order valence-corrected chi connectivity index (χ1v) is 4.91. The molecule has 0 amide bonds. The Morgan fingerprint density at radius 1 is 1.25 bits per heavy atom. The predicted octanol–water partition coefficient (Wildman–Crippen LogP) is 2.09. The van der Waals surface area contributed by atoms with E-state index in [9.17, 15) is 4.79 Å². The van der Waals surface area contributed by atoms with E-state index in [1.807, 2.05) is 0 Å². The molecule has 0 aliphatic carbocycles. The van der Waals surface area contributed by atoms with Crippen molar-refractivity contribution < 1.29 is 4.79 Å². The second-order valence-corrected chi connectivity index (χ2v) is 3.29. The largest absolute Gasteiger partial charge is 0.307 e. The molecule has 0 aromatic rings. The van der Waals surface area contributed by atoms with Crippen LogP contribution in [0.3, 0.4) is 0 Å². The Morgan fingerprint density at radius 2 is 1.92 bits per heavy atom. The fourth-order valence-corrected chi connectivity index (χ4v) is 1.11. The quantitative estimate of drug-likeness (QED) is 0.584. The first-order chi connectivity index (χ1) is 5.70. The molecule has 72 valence electrons. The maximum Gasteiger partial charge on any atom is 0.132 e. The molecule has 2 heteroatoms. The minimum absolute atomic E-state index is 0.419. The van der Waals surface area contributed by atoms with Crippen LogP contribution in [0.4, 0.5) is 0 Å². The first-order valence-electron chi connectivity index (χ1n) is 4.91. The minimum atomic E-state index is 0.419. The van der Waals surface area contributed by atoms with Crippen molar-refractivity contribution in [1.29, 1.82) is 0 Å². The van der Waals surface area contributed by atoms with Crippen LogP contribution in [0.2, 0.25) is 0 Å². The Kier molecular flexibility index (Phi) is 7.06. The van der Waals surface area contributed by atoms with Gasteiger partial charge >= 0.3 is 0 Å². The van der Waals surface area contributed by atoms with Gasteiger partial charge in [0.15, 0.2) is 0 Å². The molecule has 0 saturated heterocycles. The van der Waals surface area contributed by atoms with Crippen LogP contribution in [0, 0.1) is 0 Å². The molecule has 0 aromatic carbocycles. The SMILES string of the molecule is CCCC(=O)CCCN(C)CC. The third kappa shape index (κ3) is 6.35. The molecule has 0 atom stereocenters. The molecule has 0 bridgehead atoms. The zero-order valence-electron chi connectivity index (χ0n) is 8.60. The highest BCUT2D eigenvalue weighted by atomic mass is 16.1. The van der Waals surface area contributed by atoms with Crippen LogP contribution < -0.4 is 0 Å². The summed E-state index contributed by atoms with van der Waals surface area (Å²) in [4.78, 5) is 13.3. The lowest BCUT2D eigenvalue weighted by Gasteiger charge is -2.12. The van der Waals surface area contributed by atoms with Gasteiger partial charge in [0.1, 0.15) is 5.78 Å². The molecule has 0 fully saturated rings. The van der Waals surface area contributed by atoms with Gasteiger partial charge < -0.3 is 4.90 Å². The summed E-state index contributed by atoms with van der Waals surface area (Å²) in [5.74, 6) is 0.419. The molecule has 0 heterocycles. The number of carbonyl (C=O) groups excluding carboxylic acids is 1. The minimum Gasteiger partial charge on any atom is -0.307 e. The van der Waals surface area contributed by atoms with Gasteiger partial charge in [-0.25, -0.2) is 0 Å². The molecule has 2 nitrogen and oxygen atoms in total. The van der Waals surface area contributed by atoms with Gasteiger partial charge in [-0.15, -0.1) is 0 Å². The van der Waals surface area contributed by atoms with Crippen LogP contribution in [0.15, 0.2) is 0 Å². The Bertz CT molecular complexity index is 123. The summed E-state index contributed by atoms with van der Waals surface area (Å²) in [5.41, 5.74) is 0. The number of nitrogens with zero attached hydrogens (tertiary/aromatic N) is 1. The van der Waals surface area contributed by atoms with Gasteiger partial charge in [0, 0.05) is 12.8 Å². The smallest absolute Gasteiger partial charge is 0.132 e. The highest BCUT2D eigenvalue weighted by molar-refractivity contribution is 5.78. The summed E-state index contributed by atoms with van der Waals surface area (Å²) in [6, 6.07) is 0. The van der Waals surface area contributed by atoms with Crippen molar-refractivity contribution in [1.82, 2.24) is 4.90 Å². The van der Waals surface area contributed by atoms with Gasteiger partial charge in [-0.1, -0.05) is 13.8 Å². The van der Waals surface area contributed by atoms with E-state index in [1.165, 1.54) is 0 Å². The average molecular weight is 171 g/mol. The van der Waals surface area contributed by atoms with Gasteiger partial charge in [-0.05, 0) is 33.0 Å². The van der Waals surface area contributed by atoms with Gasteiger partial charge in [-0.2, -0.15) is 0 Å². The topological polar surface area (TPSA) is 20.3 Å². The Balaban J connectivity index is 3.24. The number of hydrogen-bond acceptors (Lipinski definition) is 2. The van der Waals surface area contributed by atoms with Crippen molar-refractivity contribution in [2.24, 2.45) is 0 Å². The summed E-state index contributed by atoms with van der Waals surface area (Å²) in [6.07, 6.45) is 3.53. The van der Waals surface area contributed by atoms with Crippen LogP contribution >= 0.6 is 0 Å². The van der Waals surface area contributed by atoms with E-state index >= 15 is 0 Å². The van der Waals surface area contributed by atoms with Crippen molar-refractivity contribution in [3.63, 3.8) is 0 Å². The van der Waals surface area contributed by atoms with Crippen molar-refractivity contribution in [3.8, 4) is 0 Å². The molecule has 12 heavy (non-hydrogen) atoms. The monoisotopic (exact) mass is 171 g/mol. The second kappa shape index (κ2) is 7.29. The molecule has 0 radical (unpaired) electrons. The van der Waals surface area contributed by atoms with Crippen LogP contribution in [0.1, 0.15) is 39.5 Å². The highest BCUT2D eigenvalue weighted by Crippen LogP contribution is 1.99. The van der Waals surface area contributed by atoms with Crippen LogP contribution in [0.5, 0.6) is 0 Å².